The van der Waals surface area contributed by atoms with Crippen LogP contribution >= 0.6 is 11.6 Å². The first-order valence-electron chi connectivity index (χ1n) is 4.57. The zero-order valence-electron chi connectivity index (χ0n) is 8.24. The van der Waals surface area contributed by atoms with E-state index < -0.39 is 0 Å². The van der Waals surface area contributed by atoms with Crippen molar-refractivity contribution in [1.82, 2.24) is 4.98 Å². The Hall–Kier alpha value is -1.53. The minimum atomic E-state index is 0.271. The molecule has 15 heavy (non-hydrogen) atoms. The summed E-state index contributed by atoms with van der Waals surface area (Å²) in [6.07, 6.45) is 3.60. The summed E-state index contributed by atoms with van der Waals surface area (Å²) in [5, 5.41) is 8.96. The summed E-state index contributed by atoms with van der Waals surface area (Å²) in [6.45, 7) is 4.16. The van der Waals surface area contributed by atoms with Crippen LogP contribution in [0.1, 0.15) is 18.4 Å². The van der Waals surface area contributed by atoms with Crippen molar-refractivity contribution in [3.63, 3.8) is 0 Å². The van der Waals surface area contributed by atoms with Crippen molar-refractivity contribution >= 4 is 11.6 Å². The fourth-order valence-electron chi connectivity index (χ4n) is 1.02. The standard InChI is InChI=1S/C11H11ClN2O/c1-2-3-4-5-15-11-7-9(8-13)6-10(12)14-11/h2,6-7H,1,3-5H2. The van der Waals surface area contributed by atoms with E-state index in [1.165, 1.54) is 6.07 Å². The van der Waals surface area contributed by atoms with Crippen molar-refractivity contribution in [1.29, 1.82) is 5.26 Å². The second-order valence-electron chi connectivity index (χ2n) is 2.91. The molecule has 0 saturated heterocycles. The van der Waals surface area contributed by atoms with Crippen LogP contribution in [0.3, 0.4) is 0 Å². The minimum absolute atomic E-state index is 0.271. The molecule has 3 nitrogen and oxygen atoms in total. The SMILES string of the molecule is C=CCCCOc1cc(C#N)cc(Cl)n1. The molecule has 0 saturated carbocycles. The number of hydrogen-bond donors (Lipinski definition) is 0. The van der Waals surface area contributed by atoms with Gasteiger partial charge in [-0.15, -0.1) is 6.58 Å². The number of aromatic nitrogens is 1. The highest BCUT2D eigenvalue weighted by Crippen LogP contribution is 2.15. The van der Waals surface area contributed by atoms with E-state index >= 15 is 0 Å². The number of halogens is 1. The lowest BCUT2D eigenvalue weighted by Crippen LogP contribution is -1.99. The molecule has 0 aliphatic carbocycles. The Balaban J connectivity index is 2.57. The molecule has 0 fully saturated rings. The molecule has 1 heterocycles. The molecule has 0 atom stereocenters. The van der Waals surface area contributed by atoms with Crippen molar-refractivity contribution in [3.8, 4) is 11.9 Å². The van der Waals surface area contributed by atoms with Gasteiger partial charge in [-0.25, -0.2) is 4.98 Å². The average Bonchev–Trinajstić information content (AvgIpc) is 2.23. The molecule has 0 aromatic carbocycles. The fraction of sp³-hybridized carbons (Fsp3) is 0.273. The van der Waals surface area contributed by atoms with Crippen LogP contribution in [-0.4, -0.2) is 11.6 Å². The topological polar surface area (TPSA) is 45.9 Å². The molecule has 0 aliphatic heterocycles. The molecule has 1 aromatic heterocycles. The second kappa shape index (κ2) is 6.05. The molecule has 78 valence electrons. The van der Waals surface area contributed by atoms with Crippen molar-refractivity contribution < 1.29 is 4.74 Å². The van der Waals surface area contributed by atoms with Crippen molar-refractivity contribution in [2.24, 2.45) is 0 Å². The lowest BCUT2D eigenvalue weighted by Gasteiger charge is -2.04. The summed E-state index contributed by atoms with van der Waals surface area (Å²) in [7, 11) is 0. The molecule has 0 radical (unpaired) electrons. The fourth-order valence-corrected chi connectivity index (χ4v) is 1.22. The van der Waals surface area contributed by atoms with Gasteiger partial charge in [0.15, 0.2) is 0 Å². The Bertz CT molecular complexity index is 385. The van der Waals surface area contributed by atoms with E-state index in [4.69, 9.17) is 21.6 Å². The lowest BCUT2D eigenvalue weighted by atomic mass is 10.3. The van der Waals surface area contributed by atoms with E-state index in [9.17, 15) is 0 Å². The van der Waals surface area contributed by atoms with Gasteiger partial charge in [0.1, 0.15) is 5.15 Å². The van der Waals surface area contributed by atoms with Gasteiger partial charge in [-0.1, -0.05) is 17.7 Å². The predicted molar refractivity (Wildman–Crippen MR) is 58.9 cm³/mol. The van der Waals surface area contributed by atoms with Crippen LogP contribution in [0.15, 0.2) is 24.8 Å². The summed E-state index contributed by atoms with van der Waals surface area (Å²) in [6, 6.07) is 5.06. The molecule has 1 aromatic rings. The number of unbranched alkanes of at least 4 members (excludes halogenated alkanes) is 1. The third-order valence-electron chi connectivity index (χ3n) is 1.70. The Morgan fingerprint density at radius 1 is 1.60 bits per heavy atom. The first-order chi connectivity index (χ1) is 7.26. The normalized spacial score (nSPS) is 9.33. The lowest BCUT2D eigenvalue weighted by molar-refractivity contribution is 0.300. The summed E-state index contributed by atoms with van der Waals surface area (Å²) < 4.78 is 5.34. The maximum absolute atomic E-state index is 8.69. The van der Waals surface area contributed by atoms with E-state index in [1.54, 1.807) is 6.07 Å². The minimum Gasteiger partial charge on any atom is -0.478 e. The zero-order chi connectivity index (χ0) is 11.1. The molecule has 0 amide bonds. The molecule has 0 bridgehead atoms. The maximum atomic E-state index is 8.69. The van der Waals surface area contributed by atoms with Crippen LogP contribution < -0.4 is 4.74 Å². The first-order valence-corrected chi connectivity index (χ1v) is 4.95. The highest BCUT2D eigenvalue weighted by Gasteiger charge is 2.01. The molecular formula is C11H11ClN2O. The molecule has 1 rings (SSSR count). The van der Waals surface area contributed by atoms with Crippen LogP contribution in [0.5, 0.6) is 5.88 Å². The van der Waals surface area contributed by atoms with E-state index in [2.05, 4.69) is 11.6 Å². The van der Waals surface area contributed by atoms with Gasteiger partial charge >= 0.3 is 0 Å². The van der Waals surface area contributed by atoms with Crippen molar-refractivity contribution in [3.05, 3.63) is 35.5 Å². The van der Waals surface area contributed by atoms with Crippen LogP contribution in [0.25, 0.3) is 0 Å². The number of hydrogen-bond acceptors (Lipinski definition) is 3. The van der Waals surface area contributed by atoms with Gasteiger partial charge in [-0.3, -0.25) is 0 Å². The van der Waals surface area contributed by atoms with Gasteiger partial charge in [-0.2, -0.15) is 5.26 Å². The van der Waals surface area contributed by atoms with E-state index in [0.29, 0.717) is 18.1 Å². The van der Waals surface area contributed by atoms with Crippen molar-refractivity contribution in [2.45, 2.75) is 12.8 Å². The third-order valence-corrected chi connectivity index (χ3v) is 1.90. The van der Waals surface area contributed by atoms with Gasteiger partial charge in [0.05, 0.1) is 18.2 Å². The van der Waals surface area contributed by atoms with Gasteiger partial charge in [0, 0.05) is 6.07 Å². The summed E-state index contributed by atoms with van der Waals surface area (Å²) >= 11 is 5.71. The average molecular weight is 223 g/mol. The third kappa shape index (κ3) is 4.01. The molecular weight excluding hydrogens is 212 g/mol. The van der Waals surface area contributed by atoms with E-state index in [1.807, 2.05) is 12.1 Å². The Morgan fingerprint density at radius 3 is 3.07 bits per heavy atom. The Morgan fingerprint density at radius 2 is 2.40 bits per heavy atom. The smallest absolute Gasteiger partial charge is 0.215 e. The van der Waals surface area contributed by atoms with E-state index in [0.717, 1.165) is 12.8 Å². The van der Waals surface area contributed by atoms with Gasteiger partial charge in [0.2, 0.25) is 5.88 Å². The molecule has 0 aliphatic rings. The predicted octanol–water partition coefficient (Wildman–Crippen LogP) is 2.95. The van der Waals surface area contributed by atoms with E-state index in [-0.39, 0.29) is 5.15 Å². The number of nitrogens with zero attached hydrogens (tertiary/aromatic N) is 2. The number of rotatable bonds is 5. The van der Waals surface area contributed by atoms with Crippen LogP contribution in [-0.2, 0) is 0 Å². The largest absolute Gasteiger partial charge is 0.478 e. The van der Waals surface area contributed by atoms with Crippen molar-refractivity contribution in [2.75, 3.05) is 6.61 Å². The van der Waals surface area contributed by atoms with Gasteiger partial charge in [-0.05, 0) is 18.9 Å². The zero-order valence-corrected chi connectivity index (χ0v) is 9.00. The number of allylic oxidation sites excluding steroid dienone is 1. The first kappa shape index (κ1) is 11.5. The highest BCUT2D eigenvalue weighted by atomic mass is 35.5. The molecule has 0 unspecified atom stereocenters. The summed E-state index contributed by atoms with van der Waals surface area (Å²) in [5.41, 5.74) is 0.453. The van der Waals surface area contributed by atoms with Crippen LogP contribution in [0, 0.1) is 11.3 Å². The quantitative estimate of drug-likeness (QED) is 0.437. The monoisotopic (exact) mass is 222 g/mol. The Kier molecular flexibility index (Phi) is 4.65. The molecule has 0 spiro atoms. The summed E-state index contributed by atoms with van der Waals surface area (Å²) in [4.78, 5) is 3.95. The highest BCUT2D eigenvalue weighted by molar-refractivity contribution is 6.29. The number of nitriles is 1. The number of pyridine rings is 1. The van der Waals surface area contributed by atoms with Gasteiger partial charge < -0.3 is 4.74 Å². The molecule has 4 heteroatoms. The van der Waals surface area contributed by atoms with Crippen LogP contribution in [0.4, 0.5) is 0 Å². The maximum Gasteiger partial charge on any atom is 0.215 e. The summed E-state index contributed by atoms with van der Waals surface area (Å²) in [5.74, 6) is 0.392. The van der Waals surface area contributed by atoms with Crippen LogP contribution in [0.2, 0.25) is 5.15 Å². The Labute approximate surface area is 94.0 Å². The molecule has 0 N–H and O–H groups in total. The van der Waals surface area contributed by atoms with Gasteiger partial charge in [0.25, 0.3) is 0 Å². The second-order valence-corrected chi connectivity index (χ2v) is 3.30. The number of ether oxygens (including phenoxy) is 1.